The number of benzene rings is 6. The van der Waals surface area contributed by atoms with Crippen LogP contribution in [0.1, 0.15) is 11.1 Å². The molecule has 10 heteroatoms. The molecule has 0 N–H and O–H groups in total. The van der Waals surface area contributed by atoms with Crippen LogP contribution in [0, 0.1) is 0 Å². The molecule has 13 rings (SSSR count). The Labute approximate surface area is 339 Å². The molecule has 0 unspecified atom stereocenters. The lowest BCUT2D eigenvalue weighted by atomic mass is 9.95. The summed E-state index contributed by atoms with van der Waals surface area (Å²) in [5.41, 5.74) is 15.1. The highest BCUT2D eigenvalue weighted by atomic mass is 15.1. The molecule has 0 bridgehead atoms. The fraction of sp³-hybridized carbons (Fsp3) is 0. The van der Waals surface area contributed by atoms with Crippen LogP contribution >= 0.6 is 0 Å². The molecule has 10 nitrogen and oxygen atoms in total. The smallest absolute Gasteiger partial charge is 0.165 e. The molecular weight excluding hydrogens is 741 g/mol. The van der Waals surface area contributed by atoms with Crippen LogP contribution in [0.25, 0.3) is 105 Å². The van der Waals surface area contributed by atoms with Gasteiger partial charge in [-0.1, -0.05) is 115 Å². The zero-order valence-electron chi connectivity index (χ0n) is 31.6. The van der Waals surface area contributed by atoms with Crippen molar-refractivity contribution in [2.45, 2.75) is 0 Å². The largest absolute Gasteiger partial charge is 0.276 e. The number of aromatic nitrogens is 10. The zero-order valence-corrected chi connectivity index (χ0v) is 31.6. The summed E-state index contributed by atoms with van der Waals surface area (Å²) < 4.78 is 4.56. The summed E-state index contributed by atoms with van der Waals surface area (Å²) in [5, 5.41) is 4.04. The third-order valence-electron chi connectivity index (χ3n) is 11.6. The Morgan fingerprint density at radius 1 is 0.400 bits per heavy atom. The van der Waals surface area contributed by atoms with Gasteiger partial charge in [0.1, 0.15) is 16.5 Å². The van der Waals surface area contributed by atoms with Gasteiger partial charge in [-0.05, 0) is 23.3 Å². The second kappa shape index (κ2) is 12.5. The number of fused-ring (bicyclic) bond motifs is 9. The Bertz CT molecular complexity index is 3860. The van der Waals surface area contributed by atoms with Crippen LogP contribution in [-0.4, -0.2) is 48.7 Å². The van der Waals surface area contributed by atoms with E-state index in [2.05, 4.69) is 87.7 Å². The molecule has 7 heterocycles. The van der Waals surface area contributed by atoms with Crippen LogP contribution in [0.3, 0.4) is 0 Å². The maximum Gasteiger partial charge on any atom is 0.165 e. The highest BCUT2D eigenvalue weighted by Crippen LogP contribution is 2.42. The number of para-hydroxylation sites is 3. The van der Waals surface area contributed by atoms with Gasteiger partial charge >= 0.3 is 0 Å². The number of nitrogens with zero attached hydrogens (tertiary/aromatic N) is 10. The van der Waals surface area contributed by atoms with E-state index in [1.807, 2.05) is 54.7 Å². The summed E-state index contributed by atoms with van der Waals surface area (Å²) in [4.78, 5) is 40.6. The lowest BCUT2D eigenvalue weighted by Gasteiger charge is -2.14. The predicted octanol–water partition coefficient (Wildman–Crippen LogP) is 9.57. The maximum absolute atomic E-state index is 5.53. The molecular formula is C50H28N10. The van der Waals surface area contributed by atoms with E-state index in [1.165, 1.54) is 0 Å². The first-order chi connectivity index (χ1) is 29.8. The third-order valence-corrected chi connectivity index (χ3v) is 11.6. The van der Waals surface area contributed by atoms with Crippen LogP contribution in [0.4, 0.5) is 0 Å². The lowest BCUT2D eigenvalue weighted by Crippen LogP contribution is -2.25. The minimum Gasteiger partial charge on any atom is -0.276 e. The van der Waals surface area contributed by atoms with Gasteiger partial charge in [0.15, 0.2) is 11.3 Å². The van der Waals surface area contributed by atoms with Gasteiger partial charge < -0.3 is 0 Å². The molecule has 0 aliphatic heterocycles. The molecule has 13 aromatic rings. The Kier molecular flexibility index (Phi) is 6.78. The van der Waals surface area contributed by atoms with Gasteiger partial charge in [0, 0.05) is 81.0 Å². The van der Waals surface area contributed by atoms with E-state index < -0.39 is 0 Å². The van der Waals surface area contributed by atoms with Gasteiger partial charge in [-0.25, -0.2) is 15.0 Å². The predicted molar refractivity (Wildman–Crippen MR) is 236 cm³/mol. The van der Waals surface area contributed by atoms with Crippen molar-refractivity contribution in [1.29, 1.82) is 0 Å². The monoisotopic (exact) mass is 768 g/mol. The first-order valence-corrected chi connectivity index (χ1v) is 19.7. The summed E-state index contributed by atoms with van der Waals surface area (Å²) in [6.07, 6.45) is 12.4. The van der Waals surface area contributed by atoms with Gasteiger partial charge in [0.25, 0.3) is 0 Å². The van der Waals surface area contributed by atoms with Crippen LogP contribution in [0.2, 0.25) is 0 Å². The highest BCUT2D eigenvalue weighted by Gasteiger charge is 2.27. The van der Waals surface area contributed by atoms with Crippen molar-refractivity contribution in [1.82, 2.24) is 48.7 Å². The maximum atomic E-state index is 5.53. The van der Waals surface area contributed by atoms with Crippen molar-refractivity contribution < 1.29 is 0 Å². The number of hydrogen-bond donors (Lipinski definition) is 0. The number of rotatable bonds is 4. The van der Waals surface area contributed by atoms with E-state index in [-0.39, 0.29) is 0 Å². The molecule has 0 amide bonds. The lowest BCUT2D eigenvalue weighted by molar-refractivity contribution is 0.998. The van der Waals surface area contributed by atoms with E-state index in [0.29, 0.717) is 11.3 Å². The van der Waals surface area contributed by atoms with Crippen LogP contribution < -0.4 is 5.48 Å². The summed E-state index contributed by atoms with van der Waals surface area (Å²) in [7, 11) is 0. The van der Waals surface area contributed by atoms with E-state index in [4.69, 9.17) is 39.9 Å². The molecule has 0 aliphatic rings. The Morgan fingerprint density at radius 3 is 1.68 bits per heavy atom. The van der Waals surface area contributed by atoms with Gasteiger partial charge in [-0.2, -0.15) is 0 Å². The molecule has 0 spiro atoms. The van der Waals surface area contributed by atoms with Crippen molar-refractivity contribution in [2.24, 2.45) is 0 Å². The first-order valence-electron chi connectivity index (χ1n) is 19.7. The van der Waals surface area contributed by atoms with Gasteiger partial charge in [-0.15, -0.1) is 0 Å². The molecule has 0 fully saturated rings. The molecule has 0 saturated carbocycles. The Hall–Kier alpha value is -8.50. The van der Waals surface area contributed by atoms with E-state index in [9.17, 15) is 0 Å². The molecule has 6 aromatic carbocycles. The van der Waals surface area contributed by atoms with Gasteiger partial charge in [-0.3, -0.25) is 33.7 Å². The van der Waals surface area contributed by atoms with Crippen molar-refractivity contribution in [3.05, 3.63) is 187 Å². The van der Waals surface area contributed by atoms with Crippen molar-refractivity contribution in [3.8, 4) is 22.4 Å². The highest BCUT2D eigenvalue weighted by molar-refractivity contribution is 6.25. The SMILES string of the molecule is c1ccc(-c2cnc3c(n2)c2c(-c4ccccc4)ccc4c5cccc6c7nccnc7n(c(=C(c7cccc8nccnc78)c7cccc8nccnc78)n3c42)c56)cc1. The number of hydrogen-bond acceptors (Lipinski definition) is 8. The molecule has 0 radical (unpaired) electrons. The fourth-order valence-electron chi connectivity index (χ4n) is 9.20. The van der Waals surface area contributed by atoms with Crippen LogP contribution in [0.5, 0.6) is 0 Å². The van der Waals surface area contributed by atoms with Crippen molar-refractivity contribution >= 4 is 82.5 Å². The summed E-state index contributed by atoms with van der Waals surface area (Å²) in [5.74, 6) is 0. The summed E-state index contributed by atoms with van der Waals surface area (Å²) in [6, 6.07) is 44.0. The zero-order chi connectivity index (χ0) is 39.3. The quantitative estimate of drug-likeness (QED) is 0.174. The second-order valence-corrected chi connectivity index (χ2v) is 14.8. The molecule has 0 aliphatic carbocycles. The van der Waals surface area contributed by atoms with Crippen molar-refractivity contribution in [2.75, 3.05) is 0 Å². The summed E-state index contributed by atoms with van der Waals surface area (Å²) >= 11 is 0. The Balaban J connectivity index is 1.42. The van der Waals surface area contributed by atoms with E-state index in [1.54, 1.807) is 37.2 Å². The normalized spacial score (nSPS) is 12.0. The average molecular weight is 769 g/mol. The Morgan fingerprint density at radius 2 is 0.967 bits per heavy atom. The average Bonchev–Trinajstić information content (AvgIpc) is 3.80. The van der Waals surface area contributed by atoms with Crippen LogP contribution in [-0.2, 0) is 0 Å². The van der Waals surface area contributed by atoms with E-state index >= 15 is 0 Å². The van der Waals surface area contributed by atoms with Crippen molar-refractivity contribution in [3.63, 3.8) is 0 Å². The summed E-state index contributed by atoms with van der Waals surface area (Å²) in [6.45, 7) is 0. The molecule has 60 heavy (non-hydrogen) atoms. The standard InChI is InChI=1S/C50H28N10/c1-3-10-29(11-4-1)31-20-21-33-32-14-7-17-36-44-48(56-27-26-55-44)59(46(32)36)50(60-47(33)41(31)45-49(60)57-28-39(58-45)30-12-5-2-6-13-30)40(34-15-8-18-37-42(34)53-24-22-51-37)35-16-9-19-38-43(35)54-25-23-52-38/h1-28H. The van der Waals surface area contributed by atoms with Crippen LogP contribution in [0.15, 0.2) is 171 Å². The topological polar surface area (TPSA) is 112 Å². The second-order valence-electron chi connectivity index (χ2n) is 14.8. The van der Waals surface area contributed by atoms with E-state index in [0.717, 1.165) is 110 Å². The molecule has 7 aromatic heterocycles. The van der Waals surface area contributed by atoms with Gasteiger partial charge in [0.2, 0.25) is 0 Å². The molecule has 278 valence electrons. The first kappa shape index (κ1) is 32.6. The minimum absolute atomic E-state index is 0.686. The molecule has 0 saturated heterocycles. The fourth-order valence-corrected chi connectivity index (χ4v) is 9.20. The third kappa shape index (κ3) is 4.52. The molecule has 0 atom stereocenters. The van der Waals surface area contributed by atoms with Gasteiger partial charge in [0.05, 0.1) is 45.0 Å². The minimum atomic E-state index is 0.686.